The molecule has 1 aromatic carbocycles. The number of rotatable bonds is 4. The van der Waals surface area contributed by atoms with Crippen LogP contribution >= 0.6 is 0 Å². The zero-order valence-corrected chi connectivity index (χ0v) is 15.3. The van der Waals surface area contributed by atoms with Crippen LogP contribution in [0.4, 0.5) is 0 Å². The van der Waals surface area contributed by atoms with Crippen molar-refractivity contribution in [1.82, 2.24) is 0 Å². The number of esters is 1. The van der Waals surface area contributed by atoms with Crippen molar-refractivity contribution in [2.75, 3.05) is 6.61 Å². The average molecular weight is 318 g/mol. The van der Waals surface area contributed by atoms with Crippen LogP contribution < -0.4 is 5.46 Å². The van der Waals surface area contributed by atoms with Gasteiger partial charge in [-0.25, -0.2) is 0 Å². The second-order valence-electron chi connectivity index (χ2n) is 7.15. The lowest BCUT2D eigenvalue weighted by Crippen LogP contribution is -2.41. The highest BCUT2D eigenvalue weighted by atomic mass is 16.7. The minimum absolute atomic E-state index is 0.204. The Balaban J connectivity index is 2.33. The first-order valence-electron chi connectivity index (χ1n) is 8.19. The fourth-order valence-corrected chi connectivity index (χ4v) is 2.76. The number of carbonyl (C=O) groups is 1. The lowest BCUT2D eigenvalue weighted by Gasteiger charge is -2.32. The van der Waals surface area contributed by atoms with Crippen LogP contribution in [0.2, 0.25) is 0 Å². The molecule has 0 amide bonds. The van der Waals surface area contributed by atoms with Crippen LogP contribution in [0.25, 0.3) is 0 Å². The van der Waals surface area contributed by atoms with Crippen molar-refractivity contribution in [2.45, 2.75) is 66.1 Å². The molecule has 0 saturated carbocycles. The summed E-state index contributed by atoms with van der Waals surface area (Å²) in [5, 5.41) is 0. The third-order valence-corrected chi connectivity index (χ3v) is 5.01. The minimum atomic E-state index is -0.415. The van der Waals surface area contributed by atoms with Gasteiger partial charge >= 0.3 is 13.1 Å². The second-order valence-corrected chi connectivity index (χ2v) is 7.15. The molecule has 1 saturated heterocycles. The van der Waals surface area contributed by atoms with E-state index in [9.17, 15) is 4.79 Å². The highest BCUT2D eigenvalue weighted by Crippen LogP contribution is 2.36. The molecule has 126 valence electrons. The molecule has 1 heterocycles. The molecule has 0 aromatic heterocycles. The highest BCUT2D eigenvalue weighted by Gasteiger charge is 2.52. The fraction of sp³-hybridized carbons (Fsp3) is 0.611. The summed E-state index contributed by atoms with van der Waals surface area (Å²) < 4.78 is 17.4. The fourth-order valence-electron chi connectivity index (χ4n) is 2.76. The molecule has 1 fully saturated rings. The van der Waals surface area contributed by atoms with E-state index in [4.69, 9.17) is 14.0 Å². The predicted molar refractivity (Wildman–Crippen MR) is 92.0 cm³/mol. The van der Waals surface area contributed by atoms with Crippen molar-refractivity contribution in [1.29, 1.82) is 0 Å². The average Bonchev–Trinajstić information content (AvgIpc) is 2.63. The van der Waals surface area contributed by atoms with Gasteiger partial charge in [-0.15, -0.1) is 0 Å². The first kappa shape index (κ1) is 18.0. The van der Waals surface area contributed by atoms with Gasteiger partial charge in [0.05, 0.1) is 24.2 Å². The van der Waals surface area contributed by atoms with Gasteiger partial charge in [-0.05, 0) is 70.6 Å². The van der Waals surface area contributed by atoms with Crippen molar-refractivity contribution in [3.8, 4) is 0 Å². The smallest absolute Gasteiger partial charge is 0.466 e. The monoisotopic (exact) mass is 318 g/mol. The second kappa shape index (κ2) is 6.29. The molecule has 0 aliphatic carbocycles. The molecule has 0 radical (unpaired) electrons. The van der Waals surface area contributed by atoms with Gasteiger partial charge in [0.15, 0.2) is 0 Å². The molecule has 0 unspecified atom stereocenters. The Kier molecular flexibility index (Phi) is 4.93. The Morgan fingerprint density at radius 3 is 2.22 bits per heavy atom. The zero-order chi connectivity index (χ0) is 17.4. The van der Waals surface area contributed by atoms with Crippen molar-refractivity contribution >= 4 is 18.6 Å². The summed E-state index contributed by atoms with van der Waals surface area (Å²) in [6.07, 6.45) is 0.277. The number of hydrogen-bond donors (Lipinski definition) is 0. The molecular weight excluding hydrogens is 291 g/mol. The van der Waals surface area contributed by atoms with E-state index in [1.807, 2.05) is 60.6 Å². The summed E-state index contributed by atoms with van der Waals surface area (Å²) in [5.41, 5.74) is 3.34. The predicted octanol–water partition coefficient (Wildman–Crippen LogP) is 2.71. The Morgan fingerprint density at radius 1 is 1.13 bits per heavy atom. The van der Waals surface area contributed by atoms with Gasteiger partial charge in [0.1, 0.15) is 0 Å². The largest absolute Gasteiger partial charge is 0.495 e. The van der Waals surface area contributed by atoms with E-state index in [1.54, 1.807) is 0 Å². The standard InChI is InChI=1S/C18H27BO4/c1-8-21-16(20)11-14-12(2)9-10-15(13(14)3)19-22-17(4,5)18(6,7)23-19/h9-10H,8,11H2,1-7H3. The first-order chi connectivity index (χ1) is 10.6. The van der Waals surface area contributed by atoms with E-state index in [2.05, 4.69) is 0 Å². The van der Waals surface area contributed by atoms with Crippen molar-refractivity contribution in [3.05, 3.63) is 28.8 Å². The zero-order valence-electron chi connectivity index (χ0n) is 15.3. The number of aryl methyl sites for hydroxylation is 1. The maximum atomic E-state index is 11.9. The first-order valence-corrected chi connectivity index (χ1v) is 8.19. The summed E-state index contributed by atoms with van der Waals surface area (Å²) in [5.74, 6) is -0.204. The number of benzene rings is 1. The SMILES string of the molecule is CCOC(=O)Cc1c(C)ccc(B2OC(C)(C)C(C)(C)O2)c1C. The maximum absolute atomic E-state index is 11.9. The van der Waals surface area contributed by atoms with Crippen LogP contribution in [-0.2, 0) is 25.3 Å². The molecule has 23 heavy (non-hydrogen) atoms. The Bertz CT molecular complexity index is 591. The van der Waals surface area contributed by atoms with E-state index in [-0.39, 0.29) is 23.6 Å². The number of ether oxygens (including phenoxy) is 1. The highest BCUT2D eigenvalue weighted by molar-refractivity contribution is 6.62. The van der Waals surface area contributed by atoms with Crippen molar-refractivity contribution < 1.29 is 18.8 Å². The lowest BCUT2D eigenvalue weighted by atomic mass is 9.74. The summed E-state index contributed by atoms with van der Waals surface area (Å²) in [6.45, 7) is 14.4. The van der Waals surface area contributed by atoms with Gasteiger partial charge < -0.3 is 14.0 Å². The molecule has 4 nitrogen and oxygen atoms in total. The van der Waals surface area contributed by atoms with Gasteiger partial charge in [0, 0.05) is 0 Å². The van der Waals surface area contributed by atoms with Gasteiger partial charge in [0.25, 0.3) is 0 Å². The van der Waals surface area contributed by atoms with E-state index in [1.165, 1.54) is 0 Å². The van der Waals surface area contributed by atoms with Crippen LogP contribution in [0.5, 0.6) is 0 Å². The molecular formula is C18H27BO4. The molecule has 0 N–H and O–H groups in total. The molecule has 0 atom stereocenters. The summed E-state index contributed by atoms with van der Waals surface area (Å²) in [7, 11) is -0.415. The van der Waals surface area contributed by atoms with E-state index < -0.39 is 7.12 Å². The molecule has 1 aliphatic rings. The van der Waals surface area contributed by atoms with Crippen LogP contribution in [0.15, 0.2) is 12.1 Å². The number of hydrogen-bond acceptors (Lipinski definition) is 4. The Hall–Kier alpha value is -1.33. The molecule has 1 aromatic rings. The topological polar surface area (TPSA) is 44.8 Å². The van der Waals surface area contributed by atoms with Crippen LogP contribution in [0.3, 0.4) is 0 Å². The molecule has 5 heteroatoms. The van der Waals surface area contributed by atoms with Gasteiger partial charge in [-0.2, -0.15) is 0 Å². The third kappa shape index (κ3) is 3.46. The molecule has 0 spiro atoms. The van der Waals surface area contributed by atoms with Crippen LogP contribution in [0, 0.1) is 13.8 Å². The van der Waals surface area contributed by atoms with Crippen LogP contribution in [-0.4, -0.2) is 30.9 Å². The van der Waals surface area contributed by atoms with Crippen LogP contribution in [0.1, 0.15) is 51.3 Å². The minimum Gasteiger partial charge on any atom is -0.466 e. The third-order valence-electron chi connectivity index (χ3n) is 5.01. The van der Waals surface area contributed by atoms with E-state index >= 15 is 0 Å². The normalized spacial score (nSPS) is 19.0. The summed E-state index contributed by atoms with van der Waals surface area (Å²) >= 11 is 0. The Morgan fingerprint density at radius 2 is 1.70 bits per heavy atom. The van der Waals surface area contributed by atoms with E-state index in [0.717, 1.165) is 22.2 Å². The number of carbonyl (C=O) groups excluding carboxylic acids is 1. The van der Waals surface area contributed by atoms with Gasteiger partial charge in [-0.3, -0.25) is 4.79 Å². The quantitative estimate of drug-likeness (QED) is 0.632. The van der Waals surface area contributed by atoms with E-state index in [0.29, 0.717) is 6.61 Å². The lowest BCUT2D eigenvalue weighted by molar-refractivity contribution is -0.142. The van der Waals surface area contributed by atoms with Gasteiger partial charge in [0.2, 0.25) is 0 Å². The maximum Gasteiger partial charge on any atom is 0.495 e. The van der Waals surface area contributed by atoms with Crippen molar-refractivity contribution in [2.24, 2.45) is 0 Å². The summed E-state index contributed by atoms with van der Waals surface area (Å²) in [6, 6.07) is 4.05. The molecule has 0 bridgehead atoms. The Labute approximate surface area is 139 Å². The molecule has 1 aliphatic heterocycles. The van der Waals surface area contributed by atoms with Gasteiger partial charge in [-0.1, -0.05) is 12.1 Å². The van der Waals surface area contributed by atoms with Crippen molar-refractivity contribution in [3.63, 3.8) is 0 Å². The summed E-state index contributed by atoms with van der Waals surface area (Å²) in [4.78, 5) is 11.9. The molecule has 2 rings (SSSR count).